The number of carbonyl (C=O) groups excluding carboxylic acids is 1. The molecule has 1 fully saturated rings. The topological polar surface area (TPSA) is 79.0 Å². The number of piperazine rings is 1. The minimum atomic E-state index is -0.448. The van der Waals surface area contributed by atoms with Crippen molar-refractivity contribution in [3.63, 3.8) is 0 Å². The molecule has 1 saturated heterocycles. The number of methoxy groups -OCH3 is 1. The molecule has 0 saturated carbocycles. The van der Waals surface area contributed by atoms with E-state index in [9.17, 15) is 9.90 Å². The summed E-state index contributed by atoms with van der Waals surface area (Å²) in [7, 11) is 1.62. The SMILES string of the molecule is COc1ccc(C(C(N)=O)N2CCN(CC(O)CSc3ccccc3SC)CC2)cc1. The van der Waals surface area contributed by atoms with Gasteiger partial charge in [-0.05, 0) is 36.1 Å². The molecule has 0 radical (unpaired) electrons. The fraction of sp³-hybridized carbons (Fsp3) is 0.435. The van der Waals surface area contributed by atoms with Gasteiger partial charge < -0.3 is 15.6 Å². The largest absolute Gasteiger partial charge is 0.497 e. The van der Waals surface area contributed by atoms with Crippen LogP contribution in [0.3, 0.4) is 0 Å². The van der Waals surface area contributed by atoms with E-state index < -0.39 is 12.1 Å². The Morgan fingerprint density at radius 2 is 1.74 bits per heavy atom. The van der Waals surface area contributed by atoms with Gasteiger partial charge in [0.1, 0.15) is 11.8 Å². The number of carbonyl (C=O) groups is 1. The van der Waals surface area contributed by atoms with Crippen molar-refractivity contribution >= 4 is 29.4 Å². The van der Waals surface area contributed by atoms with Gasteiger partial charge in [0.05, 0.1) is 13.2 Å². The first kappa shape index (κ1) is 23.9. The molecule has 1 aliphatic rings. The Bertz CT molecular complexity index is 842. The number of rotatable bonds is 10. The first-order valence-corrected chi connectivity index (χ1v) is 12.6. The summed E-state index contributed by atoms with van der Waals surface area (Å²) in [5, 5.41) is 10.5. The Labute approximate surface area is 193 Å². The van der Waals surface area contributed by atoms with E-state index in [2.05, 4.69) is 28.2 Å². The van der Waals surface area contributed by atoms with Crippen molar-refractivity contribution in [2.45, 2.75) is 21.9 Å². The van der Waals surface area contributed by atoms with Crippen LogP contribution >= 0.6 is 23.5 Å². The van der Waals surface area contributed by atoms with E-state index in [0.29, 0.717) is 12.3 Å². The number of amides is 1. The zero-order chi connectivity index (χ0) is 22.2. The van der Waals surface area contributed by atoms with Crippen LogP contribution in [-0.4, -0.2) is 78.8 Å². The Morgan fingerprint density at radius 1 is 1.10 bits per heavy atom. The molecule has 3 N–H and O–H groups in total. The van der Waals surface area contributed by atoms with Crippen LogP contribution in [0.1, 0.15) is 11.6 Å². The van der Waals surface area contributed by atoms with E-state index in [4.69, 9.17) is 10.5 Å². The van der Waals surface area contributed by atoms with Gasteiger partial charge in [-0.3, -0.25) is 14.6 Å². The molecule has 1 heterocycles. The molecule has 2 aromatic carbocycles. The smallest absolute Gasteiger partial charge is 0.239 e. The van der Waals surface area contributed by atoms with E-state index in [-0.39, 0.29) is 5.91 Å². The highest BCUT2D eigenvalue weighted by molar-refractivity contribution is 8.02. The number of hydrogen-bond acceptors (Lipinski definition) is 7. The van der Waals surface area contributed by atoms with Crippen molar-refractivity contribution in [3.8, 4) is 5.75 Å². The lowest BCUT2D eigenvalue weighted by molar-refractivity contribution is -0.124. The Balaban J connectivity index is 1.50. The Kier molecular flexibility index (Phi) is 9.10. The summed E-state index contributed by atoms with van der Waals surface area (Å²) in [5.41, 5.74) is 6.61. The number of ether oxygens (including phenoxy) is 1. The van der Waals surface area contributed by atoms with E-state index in [0.717, 1.165) is 37.5 Å². The standard InChI is InChI=1S/C23H31N3O3S2/c1-29-19-9-7-17(8-10-19)22(23(24)28)26-13-11-25(12-14-26)15-18(27)16-31-21-6-4-3-5-20(21)30-2/h3-10,18,22,27H,11-16H2,1-2H3,(H2,24,28). The lowest BCUT2D eigenvalue weighted by Crippen LogP contribution is -2.51. The number of nitrogens with zero attached hydrogens (tertiary/aromatic N) is 2. The zero-order valence-corrected chi connectivity index (χ0v) is 19.7. The van der Waals surface area contributed by atoms with Gasteiger partial charge >= 0.3 is 0 Å². The fourth-order valence-corrected chi connectivity index (χ4v) is 5.59. The van der Waals surface area contributed by atoms with Gasteiger partial charge in [0.15, 0.2) is 0 Å². The summed E-state index contributed by atoms with van der Waals surface area (Å²) in [5.74, 6) is 1.07. The molecule has 3 rings (SSSR count). The molecule has 2 aromatic rings. The molecular formula is C23H31N3O3S2. The highest BCUT2D eigenvalue weighted by atomic mass is 32.2. The summed E-state index contributed by atoms with van der Waals surface area (Å²) in [6.45, 7) is 3.68. The van der Waals surface area contributed by atoms with Gasteiger partial charge in [-0.2, -0.15) is 0 Å². The highest BCUT2D eigenvalue weighted by Crippen LogP contribution is 2.30. The van der Waals surface area contributed by atoms with Crippen LogP contribution in [0.2, 0.25) is 0 Å². The first-order valence-electron chi connectivity index (χ1n) is 10.4. The van der Waals surface area contributed by atoms with E-state index in [1.807, 2.05) is 36.4 Å². The third-order valence-corrected chi connectivity index (χ3v) is 7.59. The molecule has 2 unspecified atom stereocenters. The van der Waals surface area contributed by atoms with Gasteiger partial charge in [-0.25, -0.2) is 0 Å². The average Bonchev–Trinajstić information content (AvgIpc) is 2.79. The van der Waals surface area contributed by atoms with Gasteiger partial charge in [-0.1, -0.05) is 24.3 Å². The average molecular weight is 462 g/mol. The number of thioether (sulfide) groups is 2. The van der Waals surface area contributed by atoms with Crippen molar-refractivity contribution in [1.29, 1.82) is 0 Å². The third-order valence-electron chi connectivity index (χ3n) is 5.44. The minimum absolute atomic E-state index is 0.345. The van der Waals surface area contributed by atoms with E-state index in [1.165, 1.54) is 9.79 Å². The van der Waals surface area contributed by atoms with Crippen LogP contribution in [-0.2, 0) is 4.79 Å². The maximum absolute atomic E-state index is 12.2. The number of aliphatic hydroxyl groups is 1. The molecule has 0 aromatic heterocycles. The van der Waals surface area contributed by atoms with Crippen molar-refractivity contribution in [3.05, 3.63) is 54.1 Å². The van der Waals surface area contributed by atoms with E-state index in [1.54, 1.807) is 30.6 Å². The van der Waals surface area contributed by atoms with Gasteiger partial charge in [0.25, 0.3) is 0 Å². The molecule has 0 bridgehead atoms. The quantitative estimate of drug-likeness (QED) is 0.527. The molecule has 31 heavy (non-hydrogen) atoms. The number of hydrogen-bond donors (Lipinski definition) is 2. The van der Waals surface area contributed by atoms with Crippen LogP contribution in [0.4, 0.5) is 0 Å². The van der Waals surface area contributed by atoms with Crippen LogP contribution in [0, 0.1) is 0 Å². The number of primary amides is 1. The molecule has 168 valence electrons. The Hall–Kier alpha value is -1.71. The predicted octanol–water partition coefficient (Wildman–Crippen LogP) is 2.71. The molecule has 0 aliphatic carbocycles. The summed E-state index contributed by atoms with van der Waals surface area (Å²) < 4.78 is 5.20. The van der Waals surface area contributed by atoms with Crippen molar-refractivity contribution in [1.82, 2.24) is 9.80 Å². The minimum Gasteiger partial charge on any atom is -0.497 e. The van der Waals surface area contributed by atoms with Crippen LogP contribution in [0.5, 0.6) is 5.75 Å². The van der Waals surface area contributed by atoms with Crippen molar-refractivity contribution in [2.24, 2.45) is 5.73 Å². The van der Waals surface area contributed by atoms with Gasteiger partial charge in [0, 0.05) is 48.3 Å². The number of aliphatic hydroxyl groups excluding tert-OH is 1. The molecule has 0 spiro atoms. The maximum atomic E-state index is 12.2. The zero-order valence-electron chi connectivity index (χ0n) is 18.1. The lowest BCUT2D eigenvalue weighted by atomic mass is 10.0. The molecule has 6 nitrogen and oxygen atoms in total. The predicted molar refractivity (Wildman–Crippen MR) is 128 cm³/mol. The maximum Gasteiger partial charge on any atom is 0.239 e. The molecule has 1 amide bonds. The molecular weight excluding hydrogens is 430 g/mol. The molecule has 1 aliphatic heterocycles. The normalized spacial score (nSPS) is 17.3. The van der Waals surface area contributed by atoms with Crippen LogP contribution in [0.25, 0.3) is 0 Å². The second-order valence-corrected chi connectivity index (χ2v) is 9.44. The summed E-state index contributed by atoms with van der Waals surface area (Å²) in [6.07, 6.45) is 1.67. The monoisotopic (exact) mass is 461 g/mol. The van der Waals surface area contributed by atoms with Crippen LogP contribution in [0.15, 0.2) is 58.3 Å². The lowest BCUT2D eigenvalue weighted by Gasteiger charge is -2.38. The summed E-state index contributed by atoms with van der Waals surface area (Å²) >= 11 is 3.42. The first-order chi connectivity index (χ1) is 15.0. The highest BCUT2D eigenvalue weighted by Gasteiger charge is 2.29. The molecule has 2 atom stereocenters. The van der Waals surface area contributed by atoms with Gasteiger partial charge in [0.2, 0.25) is 5.91 Å². The fourth-order valence-electron chi connectivity index (χ4n) is 3.82. The summed E-state index contributed by atoms with van der Waals surface area (Å²) in [4.78, 5) is 19.0. The van der Waals surface area contributed by atoms with Gasteiger partial charge in [-0.15, -0.1) is 23.5 Å². The molecule has 8 heteroatoms. The van der Waals surface area contributed by atoms with Crippen molar-refractivity contribution in [2.75, 3.05) is 51.8 Å². The number of β-amino-alcohol motifs (C(OH)–C–C–N with tert-alkyl or cyclic N) is 1. The van der Waals surface area contributed by atoms with Crippen LogP contribution < -0.4 is 10.5 Å². The van der Waals surface area contributed by atoms with E-state index >= 15 is 0 Å². The second-order valence-electron chi connectivity index (χ2n) is 7.53. The van der Waals surface area contributed by atoms with Crippen molar-refractivity contribution < 1.29 is 14.6 Å². The number of benzene rings is 2. The summed E-state index contributed by atoms with van der Waals surface area (Å²) in [6, 6.07) is 15.3. The third kappa shape index (κ3) is 6.63. The second kappa shape index (κ2) is 11.8. The number of nitrogens with two attached hydrogens (primary N) is 1. The Morgan fingerprint density at radius 3 is 2.32 bits per heavy atom.